The van der Waals surface area contributed by atoms with Crippen LogP contribution >= 0.6 is 0 Å². The maximum atomic E-state index is 13.0. The summed E-state index contributed by atoms with van der Waals surface area (Å²) in [6.07, 6.45) is 0.320. The normalized spacial score (nSPS) is 11.9. The molecule has 0 spiro atoms. The van der Waals surface area contributed by atoms with Gasteiger partial charge in [0.2, 0.25) is 10.0 Å². The van der Waals surface area contributed by atoms with Crippen LogP contribution in [0.15, 0.2) is 62.8 Å². The summed E-state index contributed by atoms with van der Waals surface area (Å²) in [6.45, 7) is 0.213. The van der Waals surface area contributed by atoms with Crippen LogP contribution in [-0.4, -0.2) is 45.2 Å². The number of amides is 1. The maximum absolute atomic E-state index is 13.0. The summed E-state index contributed by atoms with van der Waals surface area (Å²) >= 11 is 0. The number of nitrogens with one attached hydrogen (secondary N) is 1. The van der Waals surface area contributed by atoms with Crippen molar-refractivity contribution in [1.29, 1.82) is 0 Å². The van der Waals surface area contributed by atoms with E-state index in [0.717, 1.165) is 17.7 Å². The van der Waals surface area contributed by atoms with Crippen LogP contribution in [0.4, 0.5) is 4.39 Å². The number of hydrogen-bond donors (Lipinski definition) is 2. The largest absolute Gasteiger partial charge is 0.347 e. The highest BCUT2D eigenvalue weighted by Crippen LogP contribution is 2.13. The van der Waals surface area contributed by atoms with Crippen molar-refractivity contribution in [3.8, 4) is 0 Å². The Labute approximate surface area is 183 Å². The topological polar surface area (TPSA) is 162 Å². The van der Waals surface area contributed by atoms with Gasteiger partial charge in [-0.2, -0.15) is 4.98 Å². The zero-order chi connectivity index (χ0) is 23.4. The molecule has 0 bridgehead atoms. The van der Waals surface area contributed by atoms with Crippen LogP contribution in [0, 0.1) is 5.82 Å². The fourth-order valence-corrected chi connectivity index (χ4v) is 4.43. The van der Waals surface area contributed by atoms with E-state index in [0.29, 0.717) is 6.42 Å². The Morgan fingerprint density at radius 3 is 2.22 bits per heavy atom. The van der Waals surface area contributed by atoms with Gasteiger partial charge in [0.15, 0.2) is 15.7 Å². The second-order valence-electron chi connectivity index (χ2n) is 6.73. The van der Waals surface area contributed by atoms with E-state index in [2.05, 4.69) is 15.5 Å². The van der Waals surface area contributed by atoms with Crippen molar-refractivity contribution in [2.24, 2.45) is 5.14 Å². The number of aromatic nitrogens is 2. The van der Waals surface area contributed by atoms with Crippen molar-refractivity contribution >= 4 is 25.8 Å². The van der Waals surface area contributed by atoms with Gasteiger partial charge in [-0.15, -0.1) is 0 Å². The molecule has 1 heterocycles. The first-order chi connectivity index (χ1) is 15.0. The molecule has 13 heteroatoms. The van der Waals surface area contributed by atoms with E-state index >= 15 is 0 Å². The lowest BCUT2D eigenvalue weighted by molar-refractivity contribution is 0.0910. The first kappa shape index (κ1) is 23.5. The molecule has 1 amide bonds. The Hall–Kier alpha value is -3.16. The third kappa shape index (κ3) is 6.18. The smallest absolute Gasteiger partial charge is 0.315 e. The van der Waals surface area contributed by atoms with Crippen LogP contribution in [0.2, 0.25) is 0 Å². The van der Waals surface area contributed by atoms with Gasteiger partial charge in [0, 0.05) is 13.0 Å². The lowest BCUT2D eigenvalue weighted by atomic mass is 10.1. The molecule has 3 aromatic rings. The second-order valence-corrected chi connectivity index (χ2v) is 10.4. The predicted octanol–water partition coefficient (Wildman–Crippen LogP) is 0.845. The predicted molar refractivity (Wildman–Crippen MR) is 110 cm³/mol. The highest BCUT2D eigenvalue weighted by molar-refractivity contribution is 7.91. The number of benzene rings is 2. The number of carbonyl (C=O) groups excluding carboxylic acids is 1. The molecule has 10 nitrogen and oxygen atoms in total. The molecule has 0 aliphatic rings. The fourth-order valence-electron chi connectivity index (χ4n) is 2.67. The van der Waals surface area contributed by atoms with Crippen LogP contribution < -0.4 is 10.5 Å². The Bertz CT molecular complexity index is 1300. The average molecular weight is 483 g/mol. The Balaban J connectivity index is 1.50. The molecule has 0 aliphatic carbocycles. The Morgan fingerprint density at radius 1 is 0.969 bits per heavy atom. The van der Waals surface area contributed by atoms with E-state index < -0.39 is 31.6 Å². The molecule has 0 aliphatic heterocycles. The molecule has 3 rings (SSSR count). The summed E-state index contributed by atoms with van der Waals surface area (Å²) in [7, 11) is -7.45. The summed E-state index contributed by atoms with van der Waals surface area (Å²) in [5.41, 5.74) is 0.773. The molecule has 2 aromatic carbocycles. The standard InChI is InChI=1S/C19H19FN4O6S2/c20-14-3-7-15(8-4-14)31(26,27)12-10-17-23-19(30-24-17)18(25)22-11-9-13-1-5-16(6-2-13)32(21,28)29/h1-8H,9-12H2,(H,22,25)(H2,21,28,29). The fraction of sp³-hybridized carbons (Fsp3) is 0.211. The molecule has 0 fully saturated rings. The molecule has 170 valence electrons. The number of sulfone groups is 1. The maximum Gasteiger partial charge on any atom is 0.315 e. The van der Waals surface area contributed by atoms with Gasteiger partial charge in [0.05, 0.1) is 15.5 Å². The van der Waals surface area contributed by atoms with Crippen LogP contribution in [0.25, 0.3) is 0 Å². The van der Waals surface area contributed by atoms with Gasteiger partial charge in [-0.25, -0.2) is 26.4 Å². The summed E-state index contributed by atoms with van der Waals surface area (Å²) in [5.74, 6) is -1.79. The molecular weight excluding hydrogens is 463 g/mol. The third-order valence-corrected chi connectivity index (χ3v) is 7.04. The van der Waals surface area contributed by atoms with Crippen molar-refractivity contribution in [3.63, 3.8) is 0 Å². The van der Waals surface area contributed by atoms with E-state index in [1.54, 1.807) is 12.1 Å². The van der Waals surface area contributed by atoms with Crippen molar-refractivity contribution in [3.05, 3.63) is 71.6 Å². The minimum atomic E-state index is -3.77. The van der Waals surface area contributed by atoms with Gasteiger partial charge in [0.1, 0.15) is 5.82 Å². The van der Waals surface area contributed by atoms with E-state index in [1.807, 2.05) is 0 Å². The van der Waals surface area contributed by atoms with E-state index in [9.17, 15) is 26.0 Å². The minimum Gasteiger partial charge on any atom is -0.347 e. The highest BCUT2D eigenvalue weighted by atomic mass is 32.2. The van der Waals surface area contributed by atoms with Gasteiger partial charge in [-0.3, -0.25) is 4.79 Å². The van der Waals surface area contributed by atoms with Gasteiger partial charge >= 0.3 is 11.8 Å². The zero-order valence-electron chi connectivity index (χ0n) is 16.6. The number of primary sulfonamides is 1. The highest BCUT2D eigenvalue weighted by Gasteiger charge is 2.19. The number of aryl methyl sites for hydroxylation is 1. The molecule has 0 unspecified atom stereocenters. The van der Waals surface area contributed by atoms with Crippen molar-refractivity contribution in [2.45, 2.75) is 22.6 Å². The van der Waals surface area contributed by atoms with Gasteiger partial charge in [-0.1, -0.05) is 17.3 Å². The van der Waals surface area contributed by atoms with Gasteiger partial charge in [0.25, 0.3) is 0 Å². The Kier molecular flexibility index (Phi) is 7.01. The first-order valence-corrected chi connectivity index (χ1v) is 12.5. The lowest BCUT2D eigenvalue weighted by Gasteiger charge is -2.04. The number of carbonyl (C=O) groups is 1. The average Bonchev–Trinajstić information content (AvgIpc) is 3.22. The van der Waals surface area contributed by atoms with Gasteiger partial charge in [-0.05, 0) is 48.4 Å². The van der Waals surface area contributed by atoms with Crippen molar-refractivity contribution in [1.82, 2.24) is 15.5 Å². The quantitative estimate of drug-likeness (QED) is 0.424. The summed E-state index contributed by atoms with van der Waals surface area (Å²) < 4.78 is 64.9. The SMILES string of the molecule is NS(=O)(=O)c1ccc(CCNC(=O)c2nc(CCS(=O)(=O)c3ccc(F)cc3)no2)cc1. The molecule has 0 radical (unpaired) electrons. The number of rotatable bonds is 9. The third-order valence-electron chi connectivity index (χ3n) is 4.38. The molecule has 0 saturated heterocycles. The number of nitrogens with two attached hydrogens (primary N) is 1. The van der Waals surface area contributed by atoms with Crippen molar-refractivity contribution < 1.29 is 30.5 Å². The van der Waals surface area contributed by atoms with E-state index in [4.69, 9.17) is 9.66 Å². The van der Waals surface area contributed by atoms with Crippen LogP contribution in [-0.2, 0) is 32.7 Å². The number of nitrogens with zero attached hydrogens (tertiary/aromatic N) is 2. The molecule has 1 aromatic heterocycles. The summed E-state index contributed by atoms with van der Waals surface area (Å²) in [5, 5.41) is 11.2. The number of sulfonamides is 1. The molecule has 3 N–H and O–H groups in total. The van der Waals surface area contributed by atoms with Gasteiger partial charge < -0.3 is 9.84 Å². The van der Waals surface area contributed by atoms with Crippen LogP contribution in [0.1, 0.15) is 22.1 Å². The zero-order valence-corrected chi connectivity index (χ0v) is 18.2. The number of halogens is 1. The van der Waals surface area contributed by atoms with Crippen LogP contribution in [0.3, 0.4) is 0 Å². The minimum absolute atomic E-state index is 0.00915. The second kappa shape index (κ2) is 9.54. The monoisotopic (exact) mass is 482 g/mol. The lowest BCUT2D eigenvalue weighted by Crippen LogP contribution is -2.26. The molecular formula is C19H19FN4O6S2. The van der Waals surface area contributed by atoms with E-state index in [-0.39, 0.29) is 40.2 Å². The van der Waals surface area contributed by atoms with Crippen LogP contribution in [0.5, 0.6) is 0 Å². The van der Waals surface area contributed by atoms with Crippen molar-refractivity contribution in [2.75, 3.05) is 12.3 Å². The van der Waals surface area contributed by atoms with E-state index in [1.165, 1.54) is 24.3 Å². The Morgan fingerprint density at radius 2 is 1.59 bits per heavy atom. The molecule has 32 heavy (non-hydrogen) atoms. The number of hydrogen-bond acceptors (Lipinski definition) is 8. The first-order valence-electron chi connectivity index (χ1n) is 9.25. The molecule has 0 atom stereocenters. The summed E-state index contributed by atoms with van der Waals surface area (Å²) in [6, 6.07) is 10.4. The molecule has 0 saturated carbocycles. The summed E-state index contributed by atoms with van der Waals surface area (Å²) in [4.78, 5) is 16.0.